The van der Waals surface area contributed by atoms with Gasteiger partial charge in [0.2, 0.25) is 0 Å². The fraction of sp³-hybridized carbons (Fsp3) is 0.333. The Kier molecular flexibility index (Phi) is 8.52. The SMILES string of the molecule is CCCCc1ncc(CNC(Cc2ccccc2)C(=O)O)n1Cc1cccc(Cl)c1Cl. The minimum Gasteiger partial charge on any atom is -0.480 e. The van der Waals surface area contributed by atoms with Crippen molar-refractivity contribution in [2.24, 2.45) is 0 Å². The zero-order valence-electron chi connectivity index (χ0n) is 17.5. The number of aliphatic carboxylic acids is 1. The van der Waals surface area contributed by atoms with Gasteiger partial charge >= 0.3 is 5.97 Å². The summed E-state index contributed by atoms with van der Waals surface area (Å²) in [6.45, 7) is 3.07. The van der Waals surface area contributed by atoms with Crippen LogP contribution in [0, 0.1) is 0 Å². The van der Waals surface area contributed by atoms with Crippen molar-refractivity contribution in [2.75, 3.05) is 0 Å². The number of unbranched alkanes of at least 4 members (excludes halogenated alkanes) is 1. The Bertz CT molecular complexity index is 1010. The van der Waals surface area contributed by atoms with Crippen LogP contribution in [0.4, 0.5) is 0 Å². The van der Waals surface area contributed by atoms with Gasteiger partial charge in [-0.1, -0.05) is 79.0 Å². The molecule has 0 fully saturated rings. The highest BCUT2D eigenvalue weighted by Crippen LogP contribution is 2.27. The largest absolute Gasteiger partial charge is 0.480 e. The number of halogens is 2. The van der Waals surface area contributed by atoms with Crippen molar-refractivity contribution in [3.63, 3.8) is 0 Å². The van der Waals surface area contributed by atoms with E-state index < -0.39 is 12.0 Å². The first kappa shape index (κ1) is 23.3. The summed E-state index contributed by atoms with van der Waals surface area (Å²) in [5.41, 5.74) is 2.80. The summed E-state index contributed by atoms with van der Waals surface area (Å²) in [5, 5.41) is 13.9. The lowest BCUT2D eigenvalue weighted by atomic mass is 10.1. The van der Waals surface area contributed by atoms with E-state index in [9.17, 15) is 9.90 Å². The number of nitrogens with zero attached hydrogens (tertiary/aromatic N) is 2. The normalized spacial score (nSPS) is 12.1. The van der Waals surface area contributed by atoms with Crippen molar-refractivity contribution in [1.29, 1.82) is 0 Å². The number of carboxylic acids is 1. The number of benzene rings is 2. The van der Waals surface area contributed by atoms with E-state index in [1.165, 1.54) is 0 Å². The molecule has 0 aliphatic carbocycles. The Morgan fingerprint density at radius 3 is 2.65 bits per heavy atom. The van der Waals surface area contributed by atoms with Crippen molar-refractivity contribution in [1.82, 2.24) is 14.9 Å². The van der Waals surface area contributed by atoms with Crippen LogP contribution < -0.4 is 5.32 Å². The van der Waals surface area contributed by atoms with Crippen LogP contribution in [-0.4, -0.2) is 26.7 Å². The van der Waals surface area contributed by atoms with E-state index in [2.05, 4.69) is 21.8 Å². The molecule has 1 atom stereocenters. The number of rotatable bonds is 11. The standard InChI is InChI=1S/C24H27Cl2N3O2/c1-2-3-12-22-28-15-19(29(22)16-18-10-7-11-20(25)23(18)26)14-27-21(24(30)31)13-17-8-5-4-6-9-17/h4-11,15,21,27H,2-3,12-14,16H2,1H3,(H,30,31). The van der Waals surface area contributed by atoms with Crippen molar-refractivity contribution in [3.05, 3.63) is 87.4 Å². The number of hydrogen-bond donors (Lipinski definition) is 2. The van der Waals surface area contributed by atoms with Crippen LogP contribution >= 0.6 is 23.2 Å². The molecule has 1 unspecified atom stereocenters. The quantitative estimate of drug-likeness (QED) is 0.404. The molecule has 0 saturated heterocycles. The van der Waals surface area contributed by atoms with Gasteiger partial charge in [-0.15, -0.1) is 0 Å². The monoisotopic (exact) mass is 459 g/mol. The van der Waals surface area contributed by atoms with Crippen LogP contribution in [0.2, 0.25) is 10.0 Å². The molecule has 2 N–H and O–H groups in total. The van der Waals surface area contributed by atoms with Crippen LogP contribution in [0.25, 0.3) is 0 Å². The van der Waals surface area contributed by atoms with Crippen LogP contribution in [-0.2, 0) is 30.7 Å². The third-order valence-electron chi connectivity index (χ3n) is 5.25. The number of carbonyl (C=O) groups is 1. The fourth-order valence-corrected chi connectivity index (χ4v) is 3.87. The van der Waals surface area contributed by atoms with Crippen LogP contribution in [0.5, 0.6) is 0 Å². The molecule has 2 aromatic carbocycles. The highest BCUT2D eigenvalue weighted by Gasteiger charge is 2.19. The molecule has 164 valence electrons. The third-order valence-corrected chi connectivity index (χ3v) is 6.10. The summed E-state index contributed by atoms with van der Waals surface area (Å²) in [6, 6.07) is 14.5. The molecule has 7 heteroatoms. The summed E-state index contributed by atoms with van der Waals surface area (Å²) in [5.74, 6) is 0.0867. The van der Waals surface area contributed by atoms with Gasteiger partial charge < -0.3 is 9.67 Å². The third kappa shape index (κ3) is 6.33. The molecular formula is C24H27Cl2N3O2. The predicted octanol–water partition coefficient (Wildman–Crippen LogP) is 5.37. The molecule has 0 saturated carbocycles. The number of carboxylic acid groups (broad SMARTS) is 1. The van der Waals surface area contributed by atoms with Gasteiger partial charge in [0.05, 0.1) is 22.3 Å². The number of nitrogens with one attached hydrogen (secondary N) is 1. The maximum atomic E-state index is 11.8. The van der Waals surface area contributed by atoms with Crippen molar-refractivity contribution in [3.8, 4) is 0 Å². The number of aryl methyl sites for hydroxylation is 1. The highest BCUT2D eigenvalue weighted by molar-refractivity contribution is 6.42. The lowest BCUT2D eigenvalue weighted by Gasteiger charge is -2.17. The van der Waals surface area contributed by atoms with Crippen LogP contribution in [0.15, 0.2) is 54.7 Å². The molecule has 1 heterocycles. The van der Waals surface area contributed by atoms with Gasteiger partial charge in [-0.2, -0.15) is 0 Å². The topological polar surface area (TPSA) is 67.2 Å². The summed E-state index contributed by atoms with van der Waals surface area (Å²) >= 11 is 12.6. The van der Waals surface area contributed by atoms with E-state index in [1.54, 1.807) is 6.07 Å². The molecule has 0 amide bonds. The zero-order chi connectivity index (χ0) is 22.2. The predicted molar refractivity (Wildman–Crippen MR) is 125 cm³/mol. The zero-order valence-corrected chi connectivity index (χ0v) is 19.0. The maximum Gasteiger partial charge on any atom is 0.321 e. The van der Waals surface area contributed by atoms with Gasteiger partial charge in [0.25, 0.3) is 0 Å². The Morgan fingerprint density at radius 1 is 1.16 bits per heavy atom. The molecular weight excluding hydrogens is 433 g/mol. The molecule has 1 aromatic heterocycles. The van der Waals surface area contributed by atoms with Gasteiger partial charge in [-0.25, -0.2) is 4.98 Å². The van der Waals surface area contributed by atoms with E-state index >= 15 is 0 Å². The van der Waals surface area contributed by atoms with Gasteiger partial charge in [-0.3, -0.25) is 10.1 Å². The highest BCUT2D eigenvalue weighted by atomic mass is 35.5. The number of hydrogen-bond acceptors (Lipinski definition) is 3. The first-order valence-electron chi connectivity index (χ1n) is 10.5. The Hall–Kier alpha value is -2.34. The average Bonchev–Trinajstić information content (AvgIpc) is 3.14. The van der Waals surface area contributed by atoms with Gasteiger partial charge in [0.1, 0.15) is 11.9 Å². The molecule has 31 heavy (non-hydrogen) atoms. The summed E-state index contributed by atoms with van der Waals surface area (Å²) in [4.78, 5) is 16.4. The number of aromatic nitrogens is 2. The molecule has 0 bridgehead atoms. The van der Waals surface area contributed by atoms with Gasteiger partial charge in [-0.05, 0) is 30.0 Å². The Balaban J connectivity index is 1.80. The summed E-state index contributed by atoms with van der Waals surface area (Å²) in [7, 11) is 0. The fourth-order valence-electron chi connectivity index (χ4n) is 3.49. The van der Waals surface area contributed by atoms with Crippen molar-refractivity contribution >= 4 is 29.2 Å². The molecule has 3 aromatic rings. The van der Waals surface area contributed by atoms with E-state index in [0.29, 0.717) is 29.6 Å². The molecule has 0 aliphatic rings. The second-order valence-electron chi connectivity index (χ2n) is 7.53. The van der Waals surface area contributed by atoms with Crippen molar-refractivity contribution in [2.45, 2.75) is 51.7 Å². The molecule has 3 rings (SSSR count). The minimum absolute atomic E-state index is 0.390. The van der Waals surface area contributed by atoms with Crippen molar-refractivity contribution < 1.29 is 9.90 Å². The van der Waals surface area contributed by atoms with Gasteiger partial charge in [0.15, 0.2) is 0 Å². The second-order valence-corrected chi connectivity index (χ2v) is 8.32. The Morgan fingerprint density at radius 2 is 1.94 bits per heavy atom. The first-order valence-corrected chi connectivity index (χ1v) is 11.2. The Labute approximate surface area is 193 Å². The van der Waals surface area contributed by atoms with Crippen LogP contribution in [0.1, 0.15) is 42.4 Å². The van der Waals surface area contributed by atoms with E-state index in [0.717, 1.165) is 41.9 Å². The smallest absolute Gasteiger partial charge is 0.321 e. The van der Waals surface area contributed by atoms with E-state index in [-0.39, 0.29) is 0 Å². The summed E-state index contributed by atoms with van der Waals surface area (Å²) < 4.78 is 2.11. The first-order chi connectivity index (χ1) is 15.0. The summed E-state index contributed by atoms with van der Waals surface area (Å²) in [6.07, 6.45) is 5.17. The molecule has 0 aliphatic heterocycles. The maximum absolute atomic E-state index is 11.8. The minimum atomic E-state index is -0.876. The van der Waals surface area contributed by atoms with E-state index in [1.807, 2.05) is 48.7 Å². The van der Waals surface area contributed by atoms with E-state index in [4.69, 9.17) is 23.2 Å². The van der Waals surface area contributed by atoms with Gasteiger partial charge in [0, 0.05) is 19.2 Å². The molecule has 0 radical (unpaired) electrons. The second kappa shape index (κ2) is 11.3. The lowest BCUT2D eigenvalue weighted by Crippen LogP contribution is -2.38. The molecule has 5 nitrogen and oxygen atoms in total. The molecule has 0 spiro atoms. The van der Waals surface area contributed by atoms with Crippen LogP contribution in [0.3, 0.4) is 0 Å². The lowest BCUT2D eigenvalue weighted by molar-refractivity contribution is -0.139. The average molecular weight is 460 g/mol. The number of imidazole rings is 1.